The number of amides is 1. The van der Waals surface area contributed by atoms with Gasteiger partial charge in [-0.15, -0.1) is 0 Å². The average Bonchev–Trinajstić information content (AvgIpc) is 3.23. The maximum absolute atomic E-state index is 12.4. The van der Waals surface area contributed by atoms with Crippen LogP contribution >= 0.6 is 0 Å². The van der Waals surface area contributed by atoms with Gasteiger partial charge in [-0.3, -0.25) is 14.4 Å². The molecule has 0 unspecified atom stereocenters. The standard InChI is InChI=1S/C18H27N5O/c1-13-9-14(2)23(21-13)10-16-5-4-8-22(16)11-17(24)20-18(3,12-19)15-6-7-15/h9,15-16H,4-8,10-11H2,1-3H3,(H,20,24)/t16-,18-/m0/s1. The number of hydrogen-bond acceptors (Lipinski definition) is 4. The highest BCUT2D eigenvalue weighted by atomic mass is 16.2. The van der Waals surface area contributed by atoms with Crippen LogP contribution in [0.25, 0.3) is 0 Å². The Morgan fingerprint density at radius 1 is 1.46 bits per heavy atom. The summed E-state index contributed by atoms with van der Waals surface area (Å²) in [4.78, 5) is 14.7. The van der Waals surface area contributed by atoms with E-state index in [1.165, 1.54) is 0 Å². The second-order valence-corrected chi connectivity index (χ2v) is 7.51. The molecule has 130 valence electrons. The van der Waals surface area contributed by atoms with E-state index in [0.29, 0.717) is 18.5 Å². The fourth-order valence-corrected chi connectivity index (χ4v) is 3.77. The van der Waals surface area contributed by atoms with E-state index >= 15 is 0 Å². The summed E-state index contributed by atoms with van der Waals surface area (Å²) in [6.07, 6.45) is 4.27. The molecule has 0 aromatic carbocycles. The third-order valence-corrected chi connectivity index (χ3v) is 5.36. The molecule has 0 bridgehead atoms. The fourth-order valence-electron chi connectivity index (χ4n) is 3.77. The summed E-state index contributed by atoms with van der Waals surface area (Å²) < 4.78 is 2.04. The lowest BCUT2D eigenvalue weighted by Crippen LogP contribution is -2.51. The number of aryl methyl sites for hydroxylation is 2. The summed E-state index contributed by atoms with van der Waals surface area (Å²) in [5.74, 6) is 0.279. The Bertz CT molecular complexity index is 657. The minimum absolute atomic E-state index is 0.0359. The Morgan fingerprint density at radius 2 is 2.21 bits per heavy atom. The summed E-state index contributed by atoms with van der Waals surface area (Å²) in [6, 6.07) is 4.71. The predicted octanol–water partition coefficient (Wildman–Crippen LogP) is 1.77. The van der Waals surface area contributed by atoms with E-state index in [9.17, 15) is 10.1 Å². The number of carbonyl (C=O) groups is 1. The van der Waals surface area contributed by atoms with Crippen molar-refractivity contribution in [1.29, 1.82) is 5.26 Å². The van der Waals surface area contributed by atoms with E-state index in [-0.39, 0.29) is 5.91 Å². The first-order valence-electron chi connectivity index (χ1n) is 8.88. The SMILES string of the molecule is Cc1cc(C)n(C[C@@H]2CCCN2CC(=O)N[C@@](C)(C#N)C2CC2)n1. The van der Waals surface area contributed by atoms with Gasteiger partial charge in [0.05, 0.1) is 24.9 Å². The predicted molar refractivity (Wildman–Crippen MR) is 91.2 cm³/mol. The zero-order valence-electron chi connectivity index (χ0n) is 14.9. The van der Waals surface area contributed by atoms with Gasteiger partial charge in [0.15, 0.2) is 0 Å². The molecule has 2 aliphatic rings. The van der Waals surface area contributed by atoms with Crippen molar-refractivity contribution in [1.82, 2.24) is 20.0 Å². The zero-order chi connectivity index (χ0) is 17.3. The van der Waals surface area contributed by atoms with Gasteiger partial charge < -0.3 is 5.32 Å². The van der Waals surface area contributed by atoms with Crippen molar-refractivity contribution < 1.29 is 4.79 Å². The second-order valence-electron chi connectivity index (χ2n) is 7.51. The van der Waals surface area contributed by atoms with E-state index in [2.05, 4.69) is 34.4 Å². The maximum atomic E-state index is 12.4. The molecule has 0 spiro atoms. The summed E-state index contributed by atoms with van der Waals surface area (Å²) in [5, 5.41) is 16.9. The molecule has 1 amide bonds. The summed E-state index contributed by atoms with van der Waals surface area (Å²) in [6.45, 7) is 8.05. The number of aromatic nitrogens is 2. The quantitative estimate of drug-likeness (QED) is 0.863. The first-order chi connectivity index (χ1) is 11.4. The van der Waals surface area contributed by atoms with E-state index < -0.39 is 5.54 Å². The lowest BCUT2D eigenvalue weighted by atomic mass is 9.98. The van der Waals surface area contributed by atoms with Crippen LogP contribution in [0.4, 0.5) is 0 Å². The molecule has 6 heteroatoms. The van der Waals surface area contributed by atoms with Crippen molar-refractivity contribution in [2.24, 2.45) is 5.92 Å². The van der Waals surface area contributed by atoms with Gasteiger partial charge in [0.2, 0.25) is 5.91 Å². The van der Waals surface area contributed by atoms with Crippen molar-refractivity contribution in [2.45, 2.75) is 64.6 Å². The summed E-state index contributed by atoms with van der Waals surface area (Å²) >= 11 is 0. The van der Waals surface area contributed by atoms with Crippen LogP contribution in [0, 0.1) is 31.1 Å². The number of rotatable bonds is 6. The van der Waals surface area contributed by atoms with Crippen LogP contribution in [0.1, 0.15) is 44.0 Å². The van der Waals surface area contributed by atoms with Crippen LogP contribution in [0.3, 0.4) is 0 Å². The van der Waals surface area contributed by atoms with Gasteiger partial charge in [0.25, 0.3) is 0 Å². The van der Waals surface area contributed by atoms with Gasteiger partial charge >= 0.3 is 0 Å². The highest BCUT2D eigenvalue weighted by Gasteiger charge is 2.43. The van der Waals surface area contributed by atoms with Crippen molar-refractivity contribution in [2.75, 3.05) is 13.1 Å². The highest BCUT2D eigenvalue weighted by molar-refractivity contribution is 5.79. The topological polar surface area (TPSA) is 74.0 Å². The van der Waals surface area contributed by atoms with E-state index in [1.54, 1.807) is 0 Å². The van der Waals surface area contributed by atoms with E-state index in [1.807, 2.05) is 18.5 Å². The van der Waals surface area contributed by atoms with Crippen LogP contribution in [-0.2, 0) is 11.3 Å². The monoisotopic (exact) mass is 329 g/mol. The van der Waals surface area contributed by atoms with E-state index in [0.717, 1.165) is 50.2 Å². The average molecular weight is 329 g/mol. The summed E-state index contributed by atoms with van der Waals surface area (Å²) in [5.41, 5.74) is 1.49. The molecular weight excluding hydrogens is 302 g/mol. The molecule has 1 saturated heterocycles. The van der Waals surface area contributed by atoms with Crippen molar-refractivity contribution in [3.05, 3.63) is 17.5 Å². The third-order valence-electron chi connectivity index (χ3n) is 5.36. The van der Waals surface area contributed by atoms with Crippen LogP contribution in [-0.4, -0.2) is 45.3 Å². The number of carbonyl (C=O) groups excluding carboxylic acids is 1. The molecule has 24 heavy (non-hydrogen) atoms. The van der Waals surface area contributed by atoms with Gasteiger partial charge in [-0.2, -0.15) is 10.4 Å². The number of nitrogens with one attached hydrogen (secondary N) is 1. The van der Waals surface area contributed by atoms with Gasteiger partial charge in [-0.25, -0.2) is 0 Å². The number of hydrogen-bond donors (Lipinski definition) is 1. The first kappa shape index (κ1) is 17.0. The van der Waals surface area contributed by atoms with Crippen molar-refractivity contribution >= 4 is 5.91 Å². The lowest BCUT2D eigenvalue weighted by Gasteiger charge is -2.27. The molecule has 1 aromatic heterocycles. The lowest BCUT2D eigenvalue weighted by molar-refractivity contribution is -0.124. The first-order valence-corrected chi connectivity index (χ1v) is 8.88. The van der Waals surface area contributed by atoms with Crippen LogP contribution in [0.15, 0.2) is 6.07 Å². The Labute approximate surface area is 143 Å². The molecule has 6 nitrogen and oxygen atoms in total. The molecule has 2 fully saturated rings. The molecule has 3 rings (SSSR count). The minimum atomic E-state index is -0.706. The maximum Gasteiger partial charge on any atom is 0.235 e. The number of nitrogens with zero attached hydrogens (tertiary/aromatic N) is 4. The van der Waals surface area contributed by atoms with Crippen LogP contribution in [0.5, 0.6) is 0 Å². The largest absolute Gasteiger partial charge is 0.337 e. The molecule has 1 N–H and O–H groups in total. The molecule has 1 aromatic rings. The third kappa shape index (κ3) is 3.62. The molecule has 1 aliphatic heterocycles. The molecule has 0 radical (unpaired) electrons. The van der Waals surface area contributed by atoms with Crippen LogP contribution in [0.2, 0.25) is 0 Å². The number of likely N-dealkylation sites (tertiary alicyclic amines) is 1. The zero-order valence-corrected chi connectivity index (χ0v) is 14.9. The Morgan fingerprint density at radius 3 is 2.79 bits per heavy atom. The highest BCUT2D eigenvalue weighted by Crippen LogP contribution is 2.39. The Kier molecular flexibility index (Phi) is 4.64. The molecule has 2 atom stereocenters. The van der Waals surface area contributed by atoms with Crippen molar-refractivity contribution in [3.63, 3.8) is 0 Å². The second kappa shape index (κ2) is 6.56. The Balaban J connectivity index is 1.58. The van der Waals surface area contributed by atoms with Gasteiger partial charge in [0.1, 0.15) is 5.54 Å². The number of nitriles is 1. The smallest absolute Gasteiger partial charge is 0.235 e. The van der Waals surface area contributed by atoms with Gasteiger partial charge in [-0.05, 0) is 65.0 Å². The molecular formula is C18H27N5O. The van der Waals surface area contributed by atoms with Crippen molar-refractivity contribution in [3.8, 4) is 6.07 Å². The fraction of sp³-hybridized carbons (Fsp3) is 0.722. The molecule has 1 saturated carbocycles. The minimum Gasteiger partial charge on any atom is -0.337 e. The molecule has 2 heterocycles. The van der Waals surface area contributed by atoms with Crippen LogP contribution < -0.4 is 5.32 Å². The normalized spacial score (nSPS) is 23.7. The summed E-state index contributed by atoms with van der Waals surface area (Å²) in [7, 11) is 0. The van der Waals surface area contributed by atoms with E-state index in [4.69, 9.17) is 0 Å². The Hall–Kier alpha value is -1.87. The van der Waals surface area contributed by atoms with Gasteiger partial charge in [0, 0.05) is 11.7 Å². The van der Waals surface area contributed by atoms with Gasteiger partial charge in [-0.1, -0.05) is 0 Å². The molecule has 1 aliphatic carbocycles.